The van der Waals surface area contributed by atoms with Gasteiger partial charge in [0.25, 0.3) is 0 Å². The SMILES string of the molecule is CCOCC(O)CN(Cc1c(CC)nn(-c2ccccc2)c1Oc1ccccc1)C(C)CC. The molecule has 3 rings (SSSR count). The standard InChI is InChI=1S/C27H37N3O3/c1-5-21(4)29(18-23(31)20-32-7-3)19-25-26(6-2)28-30(22-14-10-8-11-15-22)27(25)33-24-16-12-9-13-17-24/h8-17,21,23,31H,5-7,18-20H2,1-4H3. The highest BCUT2D eigenvalue weighted by atomic mass is 16.5. The highest BCUT2D eigenvalue weighted by Gasteiger charge is 2.25. The van der Waals surface area contributed by atoms with E-state index in [0.29, 0.717) is 26.3 Å². The van der Waals surface area contributed by atoms with Gasteiger partial charge in [-0.25, -0.2) is 4.68 Å². The molecule has 1 heterocycles. The van der Waals surface area contributed by atoms with Crippen LogP contribution in [0.4, 0.5) is 0 Å². The first kappa shape index (κ1) is 25.0. The van der Waals surface area contributed by atoms with Crippen LogP contribution in [0.3, 0.4) is 0 Å². The Morgan fingerprint density at radius 3 is 2.27 bits per heavy atom. The zero-order valence-electron chi connectivity index (χ0n) is 20.3. The van der Waals surface area contributed by atoms with Gasteiger partial charge in [0.2, 0.25) is 5.88 Å². The minimum Gasteiger partial charge on any atom is -0.439 e. The lowest BCUT2D eigenvalue weighted by molar-refractivity contribution is 0.0111. The molecule has 178 valence electrons. The molecule has 2 aromatic carbocycles. The van der Waals surface area contributed by atoms with E-state index in [1.165, 1.54) is 0 Å². The Labute approximate surface area is 197 Å². The Morgan fingerprint density at radius 2 is 1.67 bits per heavy atom. The molecule has 3 aromatic rings. The third-order valence-electron chi connectivity index (χ3n) is 5.85. The summed E-state index contributed by atoms with van der Waals surface area (Å²) in [5.74, 6) is 1.49. The first-order valence-corrected chi connectivity index (χ1v) is 12.0. The normalized spacial score (nSPS) is 13.3. The fourth-order valence-corrected chi connectivity index (χ4v) is 3.81. The zero-order chi connectivity index (χ0) is 23.6. The largest absolute Gasteiger partial charge is 0.439 e. The van der Waals surface area contributed by atoms with E-state index in [4.69, 9.17) is 14.6 Å². The molecule has 1 N–H and O–H groups in total. The number of nitrogens with zero attached hydrogens (tertiary/aromatic N) is 3. The van der Waals surface area contributed by atoms with Crippen LogP contribution in [0.15, 0.2) is 60.7 Å². The molecule has 0 aliphatic carbocycles. The first-order valence-electron chi connectivity index (χ1n) is 12.0. The van der Waals surface area contributed by atoms with Gasteiger partial charge in [0, 0.05) is 25.7 Å². The highest BCUT2D eigenvalue weighted by Crippen LogP contribution is 2.32. The molecule has 6 heteroatoms. The van der Waals surface area contributed by atoms with Crippen LogP contribution in [-0.2, 0) is 17.7 Å². The second-order valence-corrected chi connectivity index (χ2v) is 8.25. The van der Waals surface area contributed by atoms with Gasteiger partial charge >= 0.3 is 0 Å². The van der Waals surface area contributed by atoms with Crippen molar-refractivity contribution in [3.8, 4) is 17.3 Å². The van der Waals surface area contributed by atoms with Crippen molar-refractivity contribution >= 4 is 0 Å². The van der Waals surface area contributed by atoms with Crippen molar-refractivity contribution in [2.75, 3.05) is 19.8 Å². The predicted molar refractivity (Wildman–Crippen MR) is 132 cm³/mol. The molecule has 0 fully saturated rings. The molecular formula is C27H37N3O3. The number of hydrogen-bond acceptors (Lipinski definition) is 5. The van der Waals surface area contributed by atoms with Gasteiger partial charge in [0.1, 0.15) is 5.75 Å². The van der Waals surface area contributed by atoms with Crippen molar-refractivity contribution in [3.05, 3.63) is 71.9 Å². The summed E-state index contributed by atoms with van der Waals surface area (Å²) < 4.78 is 13.8. The smallest absolute Gasteiger partial charge is 0.227 e. The maximum absolute atomic E-state index is 10.6. The lowest BCUT2D eigenvalue weighted by Gasteiger charge is -2.30. The highest BCUT2D eigenvalue weighted by molar-refractivity contribution is 5.43. The first-order chi connectivity index (χ1) is 16.1. The molecule has 0 saturated carbocycles. The summed E-state index contributed by atoms with van der Waals surface area (Å²) in [6.07, 6.45) is 1.22. The number of aliphatic hydroxyl groups excluding tert-OH is 1. The van der Waals surface area contributed by atoms with Crippen LogP contribution in [-0.4, -0.2) is 51.7 Å². The molecule has 0 aliphatic rings. The second kappa shape index (κ2) is 12.5. The number of hydrogen-bond donors (Lipinski definition) is 1. The minimum absolute atomic E-state index is 0.288. The maximum atomic E-state index is 10.6. The zero-order valence-corrected chi connectivity index (χ0v) is 20.3. The van der Waals surface area contributed by atoms with Crippen LogP contribution in [0, 0.1) is 0 Å². The number of para-hydroxylation sites is 2. The van der Waals surface area contributed by atoms with E-state index in [-0.39, 0.29) is 6.04 Å². The molecule has 0 saturated heterocycles. The third kappa shape index (κ3) is 6.67. The van der Waals surface area contributed by atoms with E-state index in [9.17, 15) is 5.11 Å². The van der Waals surface area contributed by atoms with E-state index in [1.54, 1.807) is 0 Å². The topological polar surface area (TPSA) is 59.8 Å². The molecule has 6 nitrogen and oxygen atoms in total. The molecule has 0 spiro atoms. The van der Waals surface area contributed by atoms with E-state index in [0.717, 1.165) is 41.4 Å². The van der Waals surface area contributed by atoms with Crippen LogP contribution >= 0.6 is 0 Å². The van der Waals surface area contributed by atoms with Crippen molar-refractivity contribution in [3.63, 3.8) is 0 Å². The van der Waals surface area contributed by atoms with E-state index < -0.39 is 6.10 Å². The van der Waals surface area contributed by atoms with Gasteiger partial charge in [0.15, 0.2) is 0 Å². The second-order valence-electron chi connectivity index (χ2n) is 8.25. The van der Waals surface area contributed by atoms with Crippen molar-refractivity contribution in [1.82, 2.24) is 14.7 Å². The van der Waals surface area contributed by atoms with Gasteiger partial charge in [-0.3, -0.25) is 4.90 Å². The third-order valence-corrected chi connectivity index (χ3v) is 5.85. The fourth-order valence-electron chi connectivity index (χ4n) is 3.81. The van der Waals surface area contributed by atoms with Gasteiger partial charge in [-0.1, -0.05) is 50.2 Å². The predicted octanol–water partition coefficient (Wildman–Crippen LogP) is 5.22. The molecular weight excluding hydrogens is 414 g/mol. The Bertz CT molecular complexity index is 960. The summed E-state index contributed by atoms with van der Waals surface area (Å²) >= 11 is 0. The summed E-state index contributed by atoms with van der Waals surface area (Å²) in [7, 11) is 0. The Balaban J connectivity index is 2.01. The van der Waals surface area contributed by atoms with Crippen LogP contribution in [0.2, 0.25) is 0 Å². The molecule has 0 aliphatic heterocycles. The van der Waals surface area contributed by atoms with Gasteiger partial charge < -0.3 is 14.6 Å². The lowest BCUT2D eigenvalue weighted by atomic mass is 10.1. The van der Waals surface area contributed by atoms with Crippen molar-refractivity contribution in [2.45, 2.75) is 59.2 Å². The Hall–Kier alpha value is -2.67. The summed E-state index contributed by atoms with van der Waals surface area (Å²) in [4.78, 5) is 2.30. The average molecular weight is 452 g/mol. The summed E-state index contributed by atoms with van der Waals surface area (Å²) in [6.45, 7) is 10.5. The number of aromatic nitrogens is 2. The van der Waals surface area contributed by atoms with Crippen LogP contribution in [0.25, 0.3) is 5.69 Å². The molecule has 0 amide bonds. The minimum atomic E-state index is -0.549. The lowest BCUT2D eigenvalue weighted by Crippen LogP contribution is -2.40. The monoisotopic (exact) mass is 451 g/mol. The van der Waals surface area contributed by atoms with Gasteiger partial charge in [-0.05, 0) is 51.0 Å². The van der Waals surface area contributed by atoms with Gasteiger partial charge in [0.05, 0.1) is 29.7 Å². The summed E-state index contributed by atoms with van der Waals surface area (Å²) in [6, 6.07) is 20.2. The van der Waals surface area contributed by atoms with Crippen molar-refractivity contribution in [2.24, 2.45) is 0 Å². The van der Waals surface area contributed by atoms with E-state index in [1.807, 2.05) is 72.3 Å². The Kier molecular flexibility index (Phi) is 9.48. The van der Waals surface area contributed by atoms with Crippen LogP contribution in [0.1, 0.15) is 45.4 Å². The molecule has 0 radical (unpaired) electrons. The summed E-state index contributed by atoms with van der Waals surface area (Å²) in [5.41, 5.74) is 3.00. The number of aryl methyl sites for hydroxylation is 1. The number of benzene rings is 2. The van der Waals surface area contributed by atoms with Gasteiger partial charge in [-0.15, -0.1) is 0 Å². The Morgan fingerprint density at radius 1 is 1.00 bits per heavy atom. The van der Waals surface area contributed by atoms with Crippen molar-refractivity contribution < 1.29 is 14.6 Å². The quantitative estimate of drug-likeness (QED) is 0.386. The molecule has 2 atom stereocenters. The molecule has 0 bridgehead atoms. The average Bonchev–Trinajstić information content (AvgIpc) is 3.19. The summed E-state index contributed by atoms with van der Waals surface area (Å²) in [5, 5.41) is 15.5. The van der Waals surface area contributed by atoms with Crippen LogP contribution < -0.4 is 4.74 Å². The number of rotatable bonds is 13. The van der Waals surface area contributed by atoms with E-state index >= 15 is 0 Å². The molecule has 33 heavy (non-hydrogen) atoms. The number of ether oxygens (including phenoxy) is 2. The molecule has 1 aromatic heterocycles. The fraction of sp³-hybridized carbons (Fsp3) is 0.444. The number of aliphatic hydroxyl groups is 1. The van der Waals surface area contributed by atoms with Crippen molar-refractivity contribution in [1.29, 1.82) is 0 Å². The van der Waals surface area contributed by atoms with Crippen LogP contribution in [0.5, 0.6) is 11.6 Å². The maximum Gasteiger partial charge on any atom is 0.227 e. The molecule has 2 unspecified atom stereocenters. The van der Waals surface area contributed by atoms with E-state index in [2.05, 4.69) is 25.7 Å². The van der Waals surface area contributed by atoms with Gasteiger partial charge in [-0.2, -0.15) is 5.10 Å².